The molecule has 36 heavy (non-hydrogen) atoms. The summed E-state index contributed by atoms with van der Waals surface area (Å²) in [5.74, 6) is 0.359. The number of hydrogen-bond acceptors (Lipinski definition) is 10. The van der Waals surface area contributed by atoms with E-state index in [2.05, 4.69) is 20.2 Å². The van der Waals surface area contributed by atoms with Crippen molar-refractivity contribution in [3.05, 3.63) is 56.5 Å². The summed E-state index contributed by atoms with van der Waals surface area (Å²) in [6.07, 6.45) is 3.26. The lowest BCUT2D eigenvalue weighted by atomic mass is 10.1. The zero-order chi connectivity index (χ0) is 25.4. The molecule has 184 valence electrons. The number of aliphatic imine (C=N–C) groups is 1. The fourth-order valence-corrected chi connectivity index (χ4v) is 5.34. The lowest BCUT2D eigenvalue weighted by molar-refractivity contribution is -0.114. The van der Waals surface area contributed by atoms with Crippen LogP contribution < -0.4 is 15.0 Å². The van der Waals surface area contributed by atoms with Gasteiger partial charge in [-0.2, -0.15) is 24.7 Å². The zero-order valence-corrected chi connectivity index (χ0v) is 21.3. The quantitative estimate of drug-likeness (QED) is 0.465. The number of aromatic nitrogens is 3. The second kappa shape index (κ2) is 9.66. The number of ether oxygens (including phenoxy) is 2. The van der Waals surface area contributed by atoms with Gasteiger partial charge >= 0.3 is 0 Å². The van der Waals surface area contributed by atoms with E-state index in [4.69, 9.17) is 14.9 Å². The van der Waals surface area contributed by atoms with E-state index in [0.29, 0.717) is 32.9 Å². The minimum Gasteiger partial charge on any atom is -0.493 e. The van der Waals surface area contributed by atoms with Crippen molar-refractivity contribution >= 4 is 56.1 Å². The van der Waals surface area contributed by atoms with Gasteiger partial charge in [-0.1, -0.05) is 24.3 Å². The van der Waals surface area contributed by atoms with Crippen LogP contribution in [0.1, 0.15) is 36.0 Å². The predicted molar refractivity (Wildman–Crippen MR) is 139 cm³/mol. The summed E-state index contributed by atoms with van der Waals surface area (Å²) in [6.45, 7) is 3.91. The van der Waals surface area contributed by atoms with Gasteiger partial charge in [0.15, 0.2) is 17.3 Å². The second-order valence-corrected chi connectivity index (χ2v) is 10.1. The third-order valence-corrected chi connectivity index (χ3v) is 7.03. The number of methoxy groups -OCH3 is 1. The molecular formula is C23H21N7O4S2. The fourth-order valence-electron chi connectivity index (χ4n) is 3.58. The van der Waals surface area contributed by atoms with Gasteiger partial charge in [0.05, 0.1) is 18.4 Å². The molecule has 2 aliphatic heterocycles. The largest absolute Gasteiger partial charge is 0.493 e. The molecule has 13 heteroatoms. The van der Waals surface area contributed by atoms with Gasteiger partial charge in [0.25, 0.3) is 11.5 Å². The first-order valence-corrected chi connectivity index (χ1v) is 12.7. The van der Waals surface area contributed by atoms with Gasteiger partial charge in [0.2, 0.25) is 10.1 Å². The molecule has 4 heterocycles. The van der Waals surface area contributed by atoms with Crippen LogP contribution in [0, 0.1) is 12.3 Å². The summed E-state index contributed by atoms with van der Waals surface area (Å²) in [5, 5.41) is 20.4. The summed E-state index contributed by atoms with van der Waals surface area (Å²) in [5.41, 5.74) is 0.964. The van der Waals surface area contributed by atoms with Crippen LogP contribution in [-0.2, 0) is 11.4 Å². The standard InChI is InChI=1S/C23H21N7O4S2/c1-4-5-18-28-30-20(24)15(21(32)26-23(30)36-18)8-13-6-7-16(17(9-13)33-3)34-11-14-10-19(31)29-22(25-14)35-12(2)27-29/h6-10,24H,4-5,11H2,1-3H3/b15-8+,24-20?. The van der Waals surface area contributed by atoms with Gasteiger partial charge < -0.3 is 9.47 Å². The molecule has 0 saturated heterocycles. The number of hydrogen-bond donors (Lipinski definition) is 1. The van der Waals surface area contributed by atoms with Crippen molar-refractivity contribution in [3.63, 3.8) is 0 Å². The highest BCUT2D eigenvalue weighted by molar-refractivity contribution is 8.26. The van der Waals surface area contributed by atoms with Gasteiger partial charge in [-0.05, 0) is 55.3 Å². The van der Waals surface area contributed by atoms with Crippen LogP contribution in [0.2, 0.25) is 0 Å². The van der Waals surface area contributed by atoms with Crippen molar-refractivity contribution in [1.82, 2.24) is 19.6 Å². The number of benzene rings is 1. The van der Waals surface area contributed by atoms with Gasteiger partial charge in [-0.15, -0.1) is 0 Å². The normalized spacial score (nSPS) is 16.4. The Bertz CT molecular complexity index is 1550. The second-order valence-electron chi connectivity index (χ2n) is 7.86. The van der Waals surface area contributed by atoms with E-state index in [1.807, 2.05) is 13.8 Å². The molecule has 11 nitrogen and oxygen atoms in total. The summed E-state index contributed by atoms with van der Waals surface area (Å²) in [6, 6.07) is 6.53. The summed E-state index contributed by atoms with van der Waals surface area (Å²) < 4.78 is 12.6. The third-order valence-electron chi connectivity index (χ3n) is 5.23. The van der Waals surface area contributed by atoms with Crippen molar-refractivity contribution in [2.45, 2.75) is 33.3 Å². The van der Waals surface area contributed by atoms with Crippen molar-refractivity contribution in [2.75, 3.05) is 7.11 Å². The molecule has 0 bridgehead atoms. The van der Waals surface area contributed by atoms with Crippen LogP contribution in [0.5, 0.6) is 11.5 Å². The van der Waals surface area contributed by atoms with Crippen molar-refractivity contribution < 1.29 is 14.3 Å². The van der Waals surface area contributed by atoms with E-state index < -0.39 is 5.91 Å². The maximum Gasteiger partial charge on any atom is 0.283 e. The monoisotopic (exact) mass is 523 g/mol. The maximum absolute atomic E-state index is 12.6. The predicted octanol–water partition coefficient (Wildman–Crippen LogP) is 3.47. The zero-order valence-electron chi connectivity index (χ0n) is 19.6. The molecule has 0 atom stereocenters. The smallest absolute Gasteiger partial charge is 0.283 e. The van der Waals surface area contributed by atoms with Crippen LogP contribution in [0.4, 0.5) is 0 Å². The molecule has 2 aromatic heterocycles. The van der Waals surface area contributed by atoms with Crippen LogP contribution in [0.25, 0.3) is 11.0 Å². The molecule has 1 aromatic carbocycles. The lowest BCUT2D eigenvalue weighted by Crippen LogP contribution is -2.35. The van der Waals surface area contributed by atoms with E-state index in [0.717, 1.165) is 22.9 Å². The Balaban J connectivity index is 1.36. The lowest BCUT2D eigenvalue weighted by Gasteiger charge is -2.20. The average molecular weight is 524 g/mol. The van der Waals surface area contributed by atoms with Crippen LogP contribution >= 0.6 is 23.1 Å². The molecular weight excluding hydrogens is 502 g/mol. The van der Waals surface area contributed by atoms with E-state index >= 15 is 0 Å². The Morgan fingerprint density at radius 1 is 1.19 bits per heavy atom. The molecule has 1 N–H and O–H groups in total. The average Bonchev–Trinajstić information content (AvgIpc) is 3.43. The first-order valence-electron chi connectivity index (χ1n) is 11.0. The molecule has 3 aromatic rings. The van der Waals surface area contributed by atoms with Gasteiger partial charge in [-0.25, -0.2) is 4.98 Å². The van der Waals surface area contributed by atoms with Crippen molar-refractivity contribution in [3.8, 4) is 11.5 Å². The highest BCUT2D eigenvalue weighted by Crippen LogP contribution is 2.32. The Kier molecular flexibility index (Phi) is 6.41. The number of nitrogens with one attached hydrogen (secondary N) is 1. The Labute approximate surface area is 213 Å². The molecule has 0 radical (unpaired) electrons. The minimum atomic E-state index is -0.489. The number of aryl methyl sites for hydroxylation is 1. The first-order chi connectivity index (χ1) is 17.4. The number of hydrazone groups is 1. The Morgan fingerprint density at radius 2 is 2.03 bits per heavy atom. The van der Waals surface area contributed by atoms with E-state index in [-0.39, 0.29) is 23.6 Å². The first kappa shape index (κ1) is 23.9. The number of carbonyl (C=O) groups is 1. The molecule has 1 amide bonds. The van der Waals surface area contributed by atoms with Crippen LogP contribution in [-0.4, -0.2) is 48.7 Å². The van der Waals surface area contributed by atoms with Crippen LogP contribution in [0.3, 0.4) is 0 Å². The summed E-state index contributed by atoms with van der Waals surface area (Å²) in [7, 11) is 1.51. The highest BCUT2D eigenvalue weighted by Gasteiger charge is 2.35. The molecule has 0 saturated carbocycles. The van der Waals surface area contributed by atoms with Crippen LogP contribution in [0.15, 0.2) is 44.7 Å². The van der Waals surface area contributed by atoms with Crippen molar-refractivity contribution in [1.29, 1.82) is 5.41 Å². The molecule has 0 unspecified atom stereocenters. The number of thioether (sulfide) groups is 1. The number of rotatable bonds is 7. The fraction of sp³-hybridized carbons (Fsp3) is 0.261. The SMILES string of the molecule is CCCC1=NN2C(=N)/C(=C\c3ccc(OCc4cc(=O)n5nc(C)sc5n4)c(OC)c3)C(=O)N=C2S1. The Morgan fingerprint density at radius 3 is 2.81 bits per heavy atom. The molecule has 0 fully saturated rings. The third kappa shape index (κ3) is 4.54. The number of nitrogens with zero attached hydrogens (tertiary/aromatic N) is 6. The van der Waals surface area contributed by atoms with Gasteiger partial charge in [0, 0.05) is 6.07 Å². The van der Waals surface area contributed by atoms with E-state index in [1.54, 1.807) is 24.3 Å². The number of amidine groups is 2. The number of amides is 1. The number of carbonyl (C=O) groups excluding carboxylic acids is 1. The highest BCUT2D eigenvalue weighted by atomic mass is 32.2. The van der Waals surface area contributed by atoms with Crippen molar-refractivity contribution in [2.24, 2.45) is 10.1 Å². The molecule has 0 aliphatic carbocycles. The number of fused-ring (bicyclic) bond motifs is 2. The Hall–Kier alpha value is -3.84. The van der Waals surface area contributed by atoms with E-state index in [9.17, 15) is 9.59 Å². The summed E-state index contributed by atoms with van der Waals surface area (Å²) in [4.78, 5) is 33.9. The molecule has 5 rings (SSSR count). The van der Waals surface area contributed by atoms with Gasteiger partial charge in [-0.3, -0.25) is 15.0 Å². The van der Waals surface area contributed by atoms with E-state index in [1.165, 1.54) is 45.8 Å². The molecule has 2 aliphatic rings. The summed E-state index contributed by atoms with van der Waals surface area (Å²) >= 11 is 2.64. The van der Waals surface area contributed by atoms with Gasteiger partial charge in [0.1, 0.15) is 16.7 Å². The maximum atomic E-state index is 12.6. The molecule has 0 spiro atoms. The minimum absolute atomic E-state index is 0.0195. The topological polar surface area (TPSA) is 135 Å².